The molecule has 24 heavy (non-hydrogen) atoms. The highest BCUT2D eigenvalue weighted by Crippen LogP contribution is 2.39. The van der Waals surface area contributed by atoms with Crippen molar-refractivity contribution in [1.29, 1.82) is 0 Å². The van der Waals surface area contributed by atoms with Gasteiger partial charge in [0.15, 0.2) is 0 Å². The summed E-state index contributed by atoms with van der Waals surface area (Å²) in [5.74, 6) is 0.255. The molecule has 0 radical (unpaired) electrons. The van der Waals surface area contributed by atoms with Gasteiger partial charge in [0.2, 0.25) is 11.8 Å². The van der Waals surface area contributed by atoms with Gasteiger partial charge >= 0.3 is 0 Å². The lowest BCUT2D eigenvalue weighted by Gasteiger charge is -2.37. The van der Waals surface area contributed by atoms with E-state index in [1.54, 1.807) is 0 Å². The molecule has 1 aromatic carbocycles. The molecule has 0 aromatic heterocycles. The van der Waals surface area contributed by atoms with Crippen LogP contribution >= 0.6 is 0 Å². The fraction of sp³-hybridized carbons (Fsp3) is 0.556. The second kappa shape index (κ2) is 7.21. The highest BCUT2D eigenvalue weighted by atomic mass is 16.5. The highest BCUT2D eigenvalue weighted by molar-refractivity contribution is 5.87. The molecule has 1 heterocycles. The molecular formula is C18H27N3O3. The van der Waals surface area contributed by atoms with E-state index in [0.717, 1.165) is 11.3 Å². The van der Waals surface area contributed by atoms with Crippen molar-refractivity contribution in [3.8, 4) is 5.75 Å². The van der Waals surface area contributed by atoms with E-state index in [1.807, 2.05) is 52.0 Å². The molecule has 2 atom stereocenters. The van der Waals surface area contributed by atoms with Gasteiger partial charge in [-0.1, -0.05) is 32.0 Å². The van der Waals surface area contributed by atoms with Crippen LogP contribution in [0.15, 0.2) is 24.3 Å². The quantitative estimate of drug-likeness (QED) is 0.761. The summed E-state index contributed by atoms with van der Waals surface area (Å²) in [6.45, 7) is 7.63. The van der Waals surface area contributed by atoms with Gasteiger partial charge < -0.3 is 21.1 Å². The number of benzene rings is 1. The molecule has 1 unspecified atom stereocenters. The standard InChI is InChI=1S/C18H27N3O3/c1-11(2)16(19)17(23)20-10-15(22)21-13-9-18(3,4)24-14-8-6-5-7-12(13)14/h5-8,11,13,16H,9-10,19H2,1-4H3,(H,20,23)(H,21,22)/t13?,16-/m0/s1. The number of nitrogens with one attached hydrogen (secondary N) is 2. The highest BCUT2D eigenvalue weighted by Gasteiger charge is 2.34. The molecule has 6 heteroatoms. The van der Waals surface area contributed by atoms with Gasteiger partial charge in [0.25, 0.3) is 0 Å². The Labute approximate surface area is 143 Å². The molecule has 0 bridgehead atoms. The predicted molar refractivity (Wildman–Crippen MR) is 92.5 cm³/mol. The maximum absolute atomic E-state index is 12.2. The first-order chi connectivity index (χ1) is 11.2. The van der Waals surface area contributed by atoms with E-state index in [4.69, 9.17) is 10.5 Å². The third-order valence-electron chi connectivity index (χ3n) is 4.16. The van der Waals surface area contributed by atoms with Crippen molar-refractivity contribution in [3.05, 3.63) is 29.8 Å². The Morgan fingerprint density at radius 3 is 2.67 bits per heavy atom. The maximum Gasteiger partial charge on any atom is 0.239 e. The predicted octanol–water partition coefficient (Wildman–Crippen LogP) is 1.50. The van der Waals surface area contributed by atoms with Crippen LogP contribution in [0.25, 0.3) is 0 Å². The minimum Gasteiger partial charge on any atom is -0.487 e. The molecule has 2 rings (SSSR count). The van der Waals surface area contributed by atoms with Crippen LogP contribution < -0.4 is 21.1 Å². The van der Waals surface area contributed by atoms with Crippen molar-refractivity contribution in [3.63, 3.8) is 0 Å². The third-order valence-corrected chi connectivity index (χ3v) is 4.16. The van der Waals surface area contributed by atoms with Gasteiger partial charge in [-0.25, -0.2) is 0 Å². The van der Waals surface area contributed by atoms with Gasteiger partial charge in [-0.3, -0.25) is 9.59 Å². The fourth-order valence-corrected chi connectivity index (χ4v) is 2.76. The average Bonchev–Trinajstić information content (AvgIpc) is 2.50. The van der Waals surface area contributed by atoms with Gasteiger partial charge in [0, 0.05) is 12.0 Å². The van der Waals surface area contributed by atoms with Gasteiger partial charge in [0.1, 0.15) is 11.4 Å². The molecule has 132 valence electrons. The number of rotatable bonds is 5. The summed E-state index contributed by atoms with van der Waals surface area (Å²) in [6.07, 6.45) is 0.662. The Hall–Kier alpha value is -2.08. The summed E-state index contributed by atoms with van der Waals surface area (Å²) in [5, 5.41) is 5.57. The van der Waals surface area contributed by atoms with Crippen molar-refractivity contribution >= 4 is 11.8 Å². The SMILES string of the molecule is CC(C)[C@H](N)C(=O)NCC(=O)NC1CC(C)(C)Oc2ccccc21. The van der Waals surface area contributed by atoms with Crippen LogP contribution in [0.4, 0.5) is 0 Å². The third kappa shape index (κ3) is 4.47. The lowest BCUT2D eigenvalue weighted by molar-refractivity contribution is -0.127. The smallest absolute Gasteiger partial charge is 0.239 e. The second-order valence-electron chi connectivity index (χ2n) is 7.21. The topological polar surface area (TPSA) is 93.5 Å². The van der Waals surface area contributed by atoms with E-state index in [2.05, 4.69) is 10.6 Å². The molecule has 0 saturated heterocycles. The van der Waals surface area contributed by atoms with E-state index in [-0.39, 0.29) is 35.9 Å². The zero-order chi connectivity index (χ0) is 17.9. The summed E-state index contributed by atoms with van der Waals surface area (Å²) in [7, 11) is 0. The first-order valence-corrected chi connectivity index (χ1v) is 8.30. The number of fused-ring (bicyclic) bond motifs is 1. The molecule has 2 amide bonds. The van der Waals surface area contributed by atoms with Gasteiger partial charge in [-0.15, -0.1) is 0 Å². The van der Waals surface area contributed by atoms with Crippen LogP contribution in [0.3, 0.4) is 0 Å². The maximum atomic E-state index is 12.2. The summed E-state index contributed by atoms with van der Waals surface area (Å²) >= 11 is 0. The monoisotopic (exact) mass is 333 g/mol. The second-order valence-corrected chi connectivity index (χ2v) is 7.21. The number of hydrogen-bond acceptors (Lipinski definition) is 4. The summed E-state index contributed by atoms with van der Waals surface area (Å²) in [6, 6.07) is 6.92. The summed E-state index contributed by atoms with van der Waals surface area (Å²) < 4.78 is 5.95. The van der Waals surface area contributed by atoms with Crippen LogP contribution in [0.5, 0.6) is 5.75 Å². The Morgan fingerprint density at radius 2 is 2.00 bits per heavy atom. The van der Waals surface area contributed by atoms with Crippen LogP contribution in [-0.4, -0.2) is 30.0 Å². The van der Waals surface area contributed by atoms with Crippen molar-refractivity contribution in [2.75, 3.05) is 6.54 Å². The molecule has 0 aliphatic carbocycles. The molecule has 0 saturated carbocycles. The minimum absolute atomic E-state index is 0.0243. The van der Waals surface area contributed by atoms with Crippen molar-refractivity contribution < 1.29 is 14.3 Å². The van der Waals surface area contributed by atoms with E-state index >= 15 is 0 Å². The van der Waals surface area contributed by atoms with E-state index in [1.165, 1.54) is 0 Å². The minimum atomic E-state index is -0.611. The number of nitrogens with two attached hydrogens (primary N) is 1. The molecule has 1 aliphatic rings. The van der Waals surface area contributed by atoms with E-state index in [9.17, 15) is 9.59 Å². The van der Waals surface area contributed by atoms with Crippen LogP contribution in [0.2, 0.25) is 0 Å². The van der Waals surface area contributed by atoms with E-state index in [0.29, 0.717) is 6.42 Å². The number of hydrogen-bond donors (Lipinski definition) is 3. The normalized spacial score (nSPS) is 19.8. The molecular weight excluding hydrogens is 306 g/mol. The van der Waals surface area contributed by atoms with Crippen LogP contribution in [0, 0.1) is 5.92 Å². The molecule has 1 aliphatic heterocycles. The molecule has 0 spiro atoms. The van der Waals surface area contributed by atoms with Crippen molar-refractivity contribution in [2.24, 2.45) is 11.7 Å². The summed E-state index contributed by atoms with van der Waals surface area (Å²) in [4.78, 5) is 24.1. The number of ether oxygens (including phenoxy) is 1. The van der Waals surface area contributed by atoms with Crippen molar-refractivity contribution in [1.82, 2.24) is 10.6 Å². The number of amides is 2. The zero-order valence-electron chi connectivity index (χ0n) is 14.8. The Bertz CT molecular complexity index is 613. The Morgan fingerprint density at radius 1 is 1.33 bits per heavy atom. The molecule has 0 fully saturated rings. The largest absolute Gasteiger partial charge is 0.487 e. The van der Waals surface area contributed by atoms with Crippen LogP contribution in [-0.2, 0) is 9.59 Å². The lowest BCUT2D eigenvalue weighted by atomic mass is 9.89. The van der Waals surface area contributed by atoms with Crippen molar-refractivity contribution in [2.45, 2.75) is 51.8 Å². The molecule has 6 nitrogen and oxygen atoms in total. The van der Waals surface area contributed by atoms with E-state index < -0.39 is 6.04 Å². The van der Waals surface area contributed by atoms with Gasteiger partial charge in [-0.2, -0.15) is 0 Å². The van der Waals surface area contributed by atoms with Crippen LogP contribution in [0.1, 0.15) is 45.7 Å². The zero-order valence-corrected chi connectivity index (χ0v) is 14.8. The summed E-state index contributed by atoms with van der Waals surface area (Å²) in [5.41, 5.74) is 6.36. The Balaban J connectivity index is 1.98. The molecule has 1 aromatic rings. The number of carbonyl (C=O) groups is 2. The fourth-order valence-electron chi connectivity index (χ4n) is 2.76. The molecule has 4 N–H and O–H groups in total. The Kier molecular flexibility index (Phi) is 5.49. The number of para-hydroxylation sites is 1. The first-order valence-electron chi connectivity index (χ1n) is 8.30. The average molecular weight is 333 g/mol. The first kappa shape index (κ1) is 18.3. The van der Waals surface area contributed by atoms with Gasteiger partial charge in [-0.05, 0) is 25.8 Å². The number of carbonyl (C=O) groups excluding carboxylic acids is 2. The van der Waals surface area contributed by atoms with Gasteiger partial charge in [0.05, 0.1) is 18.6 Å². The lowest BCUT2D eigenvalue weighted by Crippen LogP contribution is -2.48.